The van der Waals surface area contributed by atoms with E-state index in [1.54, 1.807) is 0 Å². The summed E-state index contributed by atoms with van der Waals surface area (Å²) in [6, 6.07) is 3.77. The second kappa shape index (κ2) is 4.13. The van der Waals surface area contributed by atoms with Crippen LogP contribution in [0.3, 0.4) is 0 Å². The molecule has 15 heavy (non-hydrogen) atoms. The number of nitrogens with two attached hydrogens (primary N) is 1. The van der Waals surface area contributed by atoms with Crippen LogP contribution in [-0.2, 0) is 10.2 Å². The summed E-state index contributed by atoms with van der Waals surface area (Å²) in [5.41, 5.74) is -0.212. The number of hydrogen-bond acceptors (Lipinski definition) is 4. The molecule has 0 radical (unpaired) electrons. The minimum atomic E-state index is -3.92. The van der Waals surface area contributed by atoms with Crippen LogP contribution in [0.4, 0.5) is 11.4 Å². The lowest BCUT2D eigenvalue weighted by Gasteiger charge is -2.03. The lowest BCUT2D eigenvalue weighted by atomic mass is 10.3. The molecule has 7 nitrogen and oxygen atoms in total. The van der Waals surface area contributed by atoms with Gasteiger partial charge in [0.25, 0.3) is 15.9 Å². The van der Waals surface area contributed by atoms with Crippen LogP contribution in [0.25, 0.3) is 0 Å². The normalized spacial score (nSPS) is 11.1. The van der Waals surface area contributed by atoms with E-state index in [2.05, 4.69) is 15.9 Å². The predicted octanol–water partition coefficient (Wildman–Crippen LogP) is 0.973. The third-order valence-electron chi connectivity index (χ3n) is 1.40. The molecule has 0 saturated heterocycles. The van der Waals surface area contributed by atoms with Crippen LogP contribution in [0.15, 0.2) is 22.7 Å². The molecule has 9 heteroatoms. The van der Waals surface area contributed by atoms with Crippen molar-refractivity contribution in [3.63, 3.8) is 0 Å². The van der Waals surface area contributed by atoms with Gasteiger partial charge in [-0.2, -0.15) is 8.42 Å². The van der Waals surface area contributed by atoms with E-state index < -0.39 is 15.1 Å². The van der Waals surface area contributed by atoms with E-state index in [1.807, 2.05) is 4.72 Å². The molecule has 1 rings (SSSR count). The van der Waals surface area contributed by atoms with Gasteiger partial charge in [0, 0.05) is 6.07 Å². The van der Waals surface area contributed by atoms with Crippen LogP contribution in [0, 0.1) is 10.1 Å². The summed E-state index contributed by atoms with van der Waals surface area (Å²) in [6.07, 6.45) is 0. The first-order chi connectivity index (χ1) is 6.79. The zero-order valence-electron chi connectivity index (χ0n) is 7.18. The number of nitro groups is 1. The van der Waals surface area contributed by atoms with Crippen molar-refractivity contribution in [1.82, 2.24) is 0 Å². The van der Waals surface area contributed by atoms with E-state index in [9.17, 15) is 18.5 Å². The highest BCUT2D eigenvalue weighted by Gasteiger charge is 2.13. The third-order valence-corrected chi connectivity index (χ3v) is 2.59. The molecule has 82 valence electrons. The molecule has 0 atom stereocenters. The van der Waals surface area contributed by atoms with Crippen molar-refractivity contribution < 1.29 is 13.3 Å². The zero-order valence-corrected chi connectivity index (χ0v) is 9.58. The fourth-order valence-corrected chi connectivity index (χ4v) is 1.73. The number of nitrogens with one attached hydrogen (secondary N) is 1. The number of benzene rings is 1. The molecule has 0 aliphatic rings. The molecule has 0 spiro atoms. The lowest BCUT2D eigenvalue weighted by molar-refractivity contribution is -0.385. The first kappa shape index (κ1) is 11.9. The van der Waals surface area contributed by atoms with E-state index in [0.717, 1.165) is 6.07 Å². The Hall–Kier alpha value is -1.19. The molecule has 0 unspecified atom stereocenters. The summed E-state index contributed by atoms with van der Waals surface area (Å²) in [7, 11) is -3.92. The third kappa shape index (κ3) is 3.46. The fraction of sp³-hybridized carbons (Fsp3) is 0. The summed E-state index contributed by atoms with van der Waals surface area (Å²) in [5, 5.41) is 15.2. The van der Waals surface area contributed by atoms with Gasteiger partial charge in [0.15, 0.2) is 0 Å². The first-order valence-corrected chi connectivity index (χ1v) is 5.88. The van der Waals surface area contributed by atoms with Crippen molar-refractivity contribution in [2.45, 2.75) is 0 Å². The van der Waals surface area contributed by atoms with Crippen molar-refractivity contribution in [2.24, 2.45) is 5.14 Å². The Kier molecular flexibility index (Phi) is 3.27. The second-order valence-electron chi connectivity index (χ2n) is 2.57. The molecule has 3 N–H and O–H groups in total. The van der Waals surface area contributed by atoms with Crippen LogP contribution in [-0.4, -0.2) is 13.3 Å². The SMILES string of the molecule is NS(=O)(=O)Nc1ccc(Br)c([N+](=O)[O-])c1. The number of rotatable bonds is 3. The molecule has 0 fully saturated rings. The Morgan fingerprint density at radius 3 is 2.53 bits per heavy atom. The quantitative estimate of drug-likeness (QED) is 0.638. The van der Waals surface area contributed by atoms with Crippen LogP contribution < -0.4 is 9.86 Å². The zero-order chi connectivity index (χ0) is 11.6. The van der Waals surface area contributed by atoms with Gasteiger partial charge in [0.2, 0.25) is 0 Å². The van der Waals surface area contributed by atoms with E-state index in [0.29, 0.717) is 0 Å². The maximum absolute atomic E-state index is 10.7. The number of halogens is 1. The van der Waals surface area contributed by atoms with Crippen LogP contribution in [0.1, 0.15) is 0 Å². The largest absolute Gasteiger partial charge is 0.296 e. The highest BCUT2D eigenvalue weighted by molar-refractivity contribution is 9.10. The van der Waals surface area contributed by atoms with Gasteiger partial charge in [-0.05, 0) is 28.1 Å². The minimum absolute atomic E-state index is 0.0346. The van der Waals surface area contributed by atoms with Crippen LogP contribution >= 0.6 is 15.9 Å². The van der Waals surface area contributed by atoms with Crippen LogP contribution in [0.2, 0.25) is 0 Å². The van der Waals surface area contributed by atoms with Gasteiger partial charge in [0.1, 0.15) is 0 Å². The predicted molar refractivity (Wildman–Crippen MR) is 57.5 cm³/mol. The molecule has 0 heterocycles. The molecule has 0 saturated carbocycles. The second-order valence-corrected chi connectivity index (χ2v) is 4.72. The van der Waals surface area contributed by atoms with Gasteiger partial charge in [-0.15, -0.1) is 0 Å². The first-order valence-electron chi connectivity index (χ1n) is 3.54. The maximum atomic E-state index is 10.7. The summed E-state index contributed by atoms with van der Waals surface area (Å²) in [6.45, 7) is 0. The van der Waals surface area contributed by atoms with Crippen molar-refractivity contribution in [3.05, 3.63) is 32.8 Å². The van der Waals surface area contributed by atoms with E-state index in [1.165, 1.54) is 12.1 Å². The monoisotopic (exact) mass is 295 g/mol. The van der Waals surface area contributed by atoms with Gasteiger partial charge >= 0.3 is 0 Å². The molecule has 0 bridgehead atoms. The summed E-state index contributed by atoms with van der Waals surface area (Å²) >= 11 is 2.96. The van der Waals surface area contributed by atoms with Gasteiger partial charge in [-0.25, -0.2) is 5.14 Å². The van der Waals surface area contributed by atoms with Crippen molar-refractivity contribution in [2.75, 3.05) is 4.72 Å². The summed E-state index contributed by atoms with van der Waals surface area (Å²) < 4.78 is 23.5. The van der Waals surface area contributed by atoms with Crippen LogP contribution in [0.5, 0.6) is 0 Å². The molecular formula is C6H6BrN3O4S. The Morgan fingerprint density at radius 2 is 2.07 bits per heavy atom. The highest BCUT2D eigenvalue weighted by Crippen LogP contribution is 2.27. The summed E-state index contributed by atoms with van der Waals surface area (Å²) in [5.74, 6) is 0. The Morgan fingerprint density at radius 1 is 1.47 bits per heavy atom. The van der Waals surface area contributed by atoms with Crippen molar-refractivity contribution in [3.8, 4) is 0 Å². The maximum Gasteiger partial charge on any atom is 0.296 e. The van der Waals surface area contributed by atoms with Crippen molar-refractivity contribution >= 4 is 37.5 Å². The molecular weight excluding hydrogens is 290 g/mol. The standard InChI is InChI=1S/C6H6BrN3O4S/c7-5-2-1-4(9-15(8,13)14)3-6(5)10(11)12/h1-3,9H,(H2,8,13,14). The minimum Gasteiger partial charge on any atom is -0.271 e. The van der Waals surface area contributed by atoms with Crippen molar-refractivity contribution in [1.29, 1.82) is 0 Å². The van der Waals surface area contributed by atoms with Gasteiger partial charge in [-0.3, -0.25) is 14.8 Å². The summed E-state index contributed by atoms with van der Waals surface area (Å²) in [4.78, 5) is 9.87. The molecule has 1 aromatic rings. The number of nitro benzene ring substituents is 1. The average Bonchev–Trinajstić information content (AvgIpc) is 2.05. The van der Waals surface area contributed by atoms with E-state index >= 15 is 0 Å². The molecule has 0 aliphatic carbocycles. The molecule has 0 aromatic heterocycles. The smallest absolute Gasteiger partial charge is 0.271 e. The highest BCUT2D eigenvalue weighted by atomic mass is 79.9. The fourth-order valence-electron chi connectivity index (χ4n) is 0.880. The average molecular weight is 296 g/mol. The Labute approximate surface area is 93.7 Å². The van der Waals surface area contributed by atoms with E-state index in [-0.39, 0.29) is 15.8 Å². The van der Waals surface area contributed by atoms with Gasteiger partial charge in [0.05, 0.1) is 15.1 Å². The molecule has 0 aliphatic heterocycles. The topological polar surface area (TPSA) is 115 Å². The number of nitrogens with zero attached hydrogens (tertiary/aromatic N) is 1. The number of hydrogen-bond donors (Lipinski definition) is 2. The molecule has 0 amide bonds. The van der Waals surface area contributed by atoms with E-state index in [4.69, 9.17) is 5.14 Å². The Balaban J connectivity index is 3.14. The number of anilines is 1. The molecule has 1 aromatic carbocycles. The van der Waals surface area contributed by atoms with Gasteiger partial charge in [-0.1, -0.05) is 0 Å². The lowest BCUT2D eigenvalue weighted by Crippen LogP contribution is -2.21. The van der Waals surface area contributed by atoms with Gasteiger partial charge < -0.3 is 0 Å². The Bertz CT molecular complexity index is 501.